The zero-order valence-corrected chi connectivity index (χ0v) is 15.1. The summed E-state index contributed by atoms with van der Waals surface area (Å²) in [5, 5.41) is 13.4. The minimum Gasteiger partial charge on any atom is -0.390 e. The van der Waals surface area contributed by atoms with Gasteiger partial charge in [0.25, 0.3) is 0 Å². The van der Waals surface area contributed by atoms with E-state index in [0.29, 0.717) is 22.3 Å². The van der Waals surface area contributed by atoms with Gasteiger partial charge in [0.15, 0.2) is 9.84 Å². The fourth-order valence-corrected chi connectivity index (χ4v) is 5.06. The van der Waals surface area contributed by atoms with Gasteiger partial charge in [0, 0.05) is 28.8 Å². The topological polar surface area (TPSA) is 113 Å². The Bertz CT molecular complexity index is 694. The van der Waals surface area contributed by atoms with Crippen LogP contribution >= 0.6 is 23.2 Å². The van der Waals surface area contributed by atoms with Gasteiger partial charge in [-0.3, -0.25) is 9.69 Å². The molecule has 1 saturated heterocycles. The normalized spacial score (nSPS) is 22.7. The lowest BCUT2D eigenvalue weighted by Crippen LogP contribution is -2.48. The highest BCUT2D eigenvalue weighted by atomic mass is 35.5. The Kier molecular flexibility index (Phi) is 6.46. The number of halogens is 2. The maximum Gasteiger partial charge on any atom is 0.238 e. The summed E-state index contributed by atoms with van der Waals surface area (Å²) < 4.78 is 23.3. The SMILES string of the molecule is NCCN(CC(=O)Nc1cc(Cl)cc(Cl)c1)C1CS(=O)(=O)CC1O. The average Bonchev–Trinajstić information content (AvgIpc) is 2.70. The van der Waals surface area contributed by atoms with E-state index < -0.39 is 22.0 Å². The summed E-state index contributed by atoms with van der Waals surface area (Å²) in [4.78, 5) is 13.8. The maximum atomic E-state index is 12.2. The lowest BCUT2D eigenvalue weighted by molar-refractivity contribution is -0.118. The summed E-state index contributed by atoms with van der Waals surface area (Å²) >= 11 is 11.8. The second kappa shape index (κ2) is 7.99. The molecule has 2 unspecified atom stereocenters. The quantitative estimate of drug-likeness (QED) is 0.640. The molecular weight excluding hydrogens is 377 g/mol. The van der Waals surface area contributed by atoms with Crippen LogP contribution in [-0.2, 0) is 14.6 Å². The number of aliphatic hydroxyl groups excluding tert-OH is 1. The Balaban J connectivity index is 2.06. The van der Waals surface area contributed by atoms with Crippen molar-refractivity contribution in [3.8, 4) is 0 Å². The first-order valence-corrected chi connectivity index (χ1v) is 9.86. The first-order valence-electron chi connectivity index (χ1n) is 7.29. The number of amides is 1. The molecule has 1 amide bonds. The highest BCUT2D eigenvalue weighted by Gasteiger charge is 2.40. The van der Waals surface area contributed by atoms with Crippen molar-refractivity contribution in [2.45, 2.75) is 12.1 Å². The van der Waals surface area contributed by atoms with Crippen molar-refractivity contribution in [3.63, 3.8) is 0 Å². The van der Waals surface area contributed by atoms with E-state index in [1.807, 2.05) is 0 Å². The van der Waals surface area contributed by atoms with Gasteiger partial charge in [-0.1, -0.05) is 23.2 Å². The van der Waals surface area contributed by atoms with Crippen LogP contribution in [0.2, 0.25) is 10.0 Å². The van der Waals surface area contributed by atoms with Crippen LogP contribution in [0.15, 0.2) is 18.2 Å². The van der Waals surface area contributed by atoms with Gasteiger partial charge in [-0.25, -0.2) is 8.42 Å². The van der Waals surface area contributed by atoms with Crippen molar-refractivity contribution in [2.24, 2.45) is 5.73 Å². The summed E-state index contributed by atoms with van der Waals surface area (Å²) in [5.41, 5.74) is 5.97. The summed E-state index contributed by atoms with van der Waals surface area (Å²) in [5.74, 6) is -0.868. The number of carbonyl (C=O) groups excluding carboxylic acids is 1. The molecule has 0 aliphatic carbocycles. The van der Waals surface area contributed by atoms with Crippen LogP contribution in [0.25, 0.3) is 0 Å². The van der Waals surface area contributed by atoms with Crippen molar-refractivity contribution in [3.05, 3.63) is 28.2 Å². The van der Waals surface area contributed by atoms with Crippen molar-refractivity contribution in [1.82, 2.24) is 4.90 Å². The predicted octanol–water partition coefficient (Wildman–Crippen LogP) is 0.351. The number of hydrogen-bond acceptors (Lipinski definition) is 6. The van der Waals surface area contributed by atoms with Crippen molar-refractivity contribution in [2.75, 3.05) is 36.5 Å². The monoisotopic (exact) mass is 395 g/mol. The molecule has 1 heterocycles. The zero-order valence-electron chi connectivity index (χ0n) is 12.8. The van der Waals surface area contributed by atoms with Gasteiger partial charge < -0.3 is 16.2 Å². The third kappa shape index (κ3) is 5.30. The highest BCUT2D eigenvalue weighted by Crippen LogP contribution is 2.23. The molecule has 0 aromatic heterocycles. The van der Waals surface area contributed by atoms with Crippen molar-refractivity contribution in [1.29, 1.82) is 0 Å². The number of hydrogen-bond donors (Lipinski definition) is 3. The minimum absolute atomic E-state index is 0.0986. The molecule has 2 rings (SSSR count). The molecule has 10 heteroatoms. The second-order valence-electron chi connectivity index (χ2n) is 5.68. The second-order valence-corrected chi connectivity index (χ2v) is 8.70. The molecule has 1 aliphatic rings. The molecule has 0 radical (unpaired) electrons. The van der Waals surface area contributed by atoms with Crippen LogP contribution in [0.5, 0.6) is 0 Å². The van der Waals surface area contributed by atoms with Crippen LogP contribution in [-0.4, -0.2) is 67.6 Å². The van der Waals surface area contributed by atoms with Gasteiger partial charge in [-0.15, -0.1) is 0 Å². The largest absolute Gasteiger partial charge is 0.390 e. The molecule has 1 aliphatic heterocycles. The number of nitrogens with zero attached hydrogens (tertiary/aromatic N) is 1. The van der Waals surface area contributed by atoms with Gasteiger partial charge in [0.1, 0.15) is 0 Å². The van der Waals surface area contributed by atoms with Gasteiger partial charge in [-0.2, -0.15) is 0 Å². The molecule has 1 fully saturated rings. The third-order valence-electron chi connectivity index (χ3n) is 3.67. The number of anilines is 1. The molecule has 0 spiro atoms. The standard InChI is InChI=1S/C14H19Cl2N3O4S/c15-9-3-10(16)5-11(4-9)18-14(21)6-19(2-1-17)12-7-24(22,23)8-13(12)20/h3-5,12-13,20H,1-2,6-8,17H2,(H,18,21). The molecule has 0 saturated carbocycles. The number of nitrogens with two attached hydrogens (primary N) is 1. The van der Waals surface area contributed by atoms with Crippen LogP contribution in [0.4, 0.5) is 5.69 Å². The smallest absolute Gasteiger partial charge is 0.238 e. The minimum atomic E-state index is -3.31. The van der Waals surface area contributed by atoms with E-state index in [1.54, 1.807) is 23.1 Å². The van der Waals surface area contributed by atoms with E-state index >= 15 is 0 Å². The Morgan fingerprint density at radius 1 is 1.29 bits per heavy atom. The number of rotatable bonds is 6. The Morgan fingerprint density at radius 3 is 2.42 bits per heavy atom. The predicted molar refractivity (Wildman–Crippen MR) is 94.2 cm³/mol. The van der Waals surface area contributed by atoms with E-state index in [4.69, 9.17) is 28.9 Å². The molecule has 0 bridgehead atoms. The van der Waals surface area contributed by atoms with E-state index in [0.717, 1.165) is 0 Å². The third-order valence-corrected chi connectivity index (χ3v) is 5.81. The molecule has 1 aromatic carbocycles. The molecule has 4 N–H and O–H groups in total. The molecule has 134 valence electrons. The van der Waals surface area contributed by atoms with Crippen molar-refractivity contribution < 1.29 is 18.3 Å². The van der Waals surface area contributed by atoms with Gasteiger partial charge >= 0.3 is 0 Å². The number of sulfone groups is 1. The first kappa shape index (κ1) is 19.4. The Morgan fingerprint density at radius 2 is 1.92 bits per heavy atom. The van der Waals surface area contributed by atoms with E-state index in [2.05, 4.69) is 5.32 Å². The molecule has 2 atom stereocenters. The Labute approximate surface area is 150 Å². The van der Waals surface area contributed by atoms with Crippen molar-refractivity contribution >= 4 is 44.6 Å². The average molecular weight is 396 g/mol. The number of benzene rings is 1. The summed E-state index contributed by atoms with van der Waals surface area (Å²) in [6.07, 6.45) is -1.03. The fourth-order valence-electron chi connectivity index (χ4n) is 2.70. The number of carbonyl (C=O) groups is 1. The highest BCUT2D eigenvalue weighted by molar-refractivity contribution is 7.91. The van der Waals surface area contributed by atoms with Crippen LogP contribution in [0.3, 0.4) is 0 Å². The van der Waals surface area contributed by atoms with E-state index in [9.17, 15) is 18.3 Å². The maximum absolute atomic E-state index is 12.2. The van der Waals surface area contributed by atoms with Crippen LogP contribution in [0.1, 0.15) is 0 Å². The molecule has 1 aromatic rings. The summed E-state index contributed by atoms with van der Waals surface area (Å²) in [7, 11) is -3.31. The van der Waals surface area contributed by atoms with Gasteiger partial charge in [-0.05, 0) is 18.2 Å². The van der Waals surface area contributed by atoms with Crippen LogP contribution < -0.4 is 11.1 Å². The van der Waals surface area contributed by atoms with Crippen LogP contribution in [0, 0.1) is 0 Å². The Hall–Kier alpha value is -0.900. The van der Waals surface area contributed by atoms with Gasteiger partial charge in [0.05, 0.1) is 30.2 Å². The van der Waals surface area contributed by atoms with Gasteiger partial charge in [0.2, 0.25) is 5.91 Å². The zero-order chi connectivity index (χ0) is 17.9. The summed E-state index contributed by atoms with van der Waals surface area (Å²) in [6.45, 7) is 0.430. The molecule has 24 heavy (non-hydrogen) atoms. The molecular formula is C14H19Cl2N3O4S. The first-order chi connectivity index (χ1) is 11.2. The van der Waals surface area contributed by atoms with E-state index in [1.165, 1.54) is 0 Å². The summed E-state index contributed by atoms with van der Waals surface area (Å²) in [6, 6.07) is 3.99. The number of aliphatic hydroxyl groups is 1. The fraction of sp³-hybridized carbons (Fsp3) is 0.500. The number of nitrogens with one attached hydrogen (secondary N) is 1. The lowest BCUT2D eigenvalue weighted by atomic mass is 10.1. The lowest BCUT2D eigenvalue weighted by Gasteiger charge is -2.29. The van der Waals surface area contributed by atoms with E-state index in [-0.39, 0.29) is 30.5 Å². The molecule has 7 nitrogen and oxygen atoms in total.